The lowest BCUT2D eigenvalue weighted by Gasteiger charge is -2.18. The molecule has 0 aromatic carbocycles. The number of allylic oxidation sites excluding steroid dienone is 2. The van der Waals surface area contributed by atoms with Crippen LogP contribution in [0.15, 0.2) is 12.2 Å². The van der Waals surface area contributed by atoms with E-state index in [0.717, 1.165) is 64.2 Å². The van der Waals surface area contributed by atoms with Gasteiger partial charge >= 0.3 is 17.9 Å². The summed E-state index contributed by atoms with van der Waals surface area (Å²) in [5, 5.41) is 0. The number of carbonyl (C=O) groups is 3. The van der Waals surface area contributed by atoms with E-state index in [0.29, 0.717) is 19.3 Å². The van der Waals surface area contributed by atoms with Crippen LogP contribution >= 0.6 is 0 Å². The molecule has 0 rings (SSSR count). The van der Waals surface area contributed by atoms with Crippen molar-refractivity contribution in [2.45, 2.75) is 361 Å². The first-order valence-electron chi connectivity index (χ1n) is 31.2. The highest BCUT2D eigenvalue weighted by Crippen LogP contribution is 2.18. The quantitative estimate of drug-likeness (QED) is 0.0261. The number of unbranched alkanes of at least 4 members (excludes halogenated alkanes) is 45. The van der Waals surface area contributed by atoms with E-state index >= 15 is 0 Å². The monoisotopic (exact) mass is 973 g/mol. The fraction of sp³-hybridized carbons (Fsp3) is 0.921. The highest BCUT2D eigenvalue weighted by atomic mass is 16.6. The summed E-state index contributed by atoms with van der Waals surface area (Å²) >= 11 is 0. The number of esters is 3. The average Bonchev–Trinajstić information content (AvgIpc) is 3.35. The van der Waals surface area contributed by atoms with Gasteiger partial charge in [0.1, 0.15) is 13.2 Å². The van der Waals surface area contributed by atoms with Crippen LogP contribution in [0.5, 0.6) is 0 Å². The molecule has 0 aliphatic rings. The summed E-state index contributed by atoms with van der Waals surface area (Å²) < 4.78 is 16.9. The van der Waals surface area contributed by atoms with Crippen LogP contribution in [0.2, 0.25) is 0 Å². The minimum absolute atomic E-state index is 0.0661. The highest BCUT2D eigenvalue weighted by Gasteiger charge is 2.19. The van der Waals surface area contributed by atoms with Crippen LogP contribution in [-0.2, 0) is 28.6 Å². The lowest BCUT2D eigenvalue weighted by Crippen LogP contribution is -2.30. The molecule has 0 amide bonds. The SMILES string of the molecule is CCCCCC/C=C\CCCCCCCC(=O)OCC(COC(=O)CCCCCCCCCCCCCCCCCCCCC)OC(=O)CCCCCCCCCCCCCCCCCCCCC. The largest absolute Gasteiger partial charge is 0.462 e. The summed E-state index contributed by atoms with van der Waals surface area (Å²) in [6.07, 6.45) is 67.8. The Morgan fingerprint density at radius 3 is 0.739 bits per heavy atom. The van der Waals surface area contributed by atoms with Crippen LogP contribution in [0.4, 0.5) is 0 Å². The van der Waals surface area contributed by atoms with E-state index in [2.05, 4.69) is 32.9 Å². The second kappa shape index (κ2) is 58.7. The fourth-order valence-electron chi connectivity index (χ4n) is 9.56. The van der Waals surface area contributed by atoms with Gasteiger partial charge in [-0.1, -0.05) is 303 Å². The van der Waals surface area contributed by atoms with Crippen LogP contribution in [-0.4, -0.2) is 37.2 Å². The van der Waals surface area contributed by atoms with Crippen LogP contribution < -0.4 is 0 Å². The van der Waals surface area contributed by atoms with E-state index in [1.54, 1.807) is 0 Å². The molecule has 0 spiro atoms. The zero-order valence-corrected chi connectivity index (χ0v) is 46.9. The topological polar surface area (TPSA) is 78.9 Å². The third-order valence-electron chi connectivity index (χ3n) is 14.3. The maximum atomic E-state index is 12.9. The maximum absolute atomic E-state index is 12.9. The molecule has 0 bridgehead atoms. The van der Waals surface area contributed by atoms with E-state index in [1.807, 2.05) is 0 Å². The predicted molar refractivity (Wildman–Crippen MR) is 298 cm³/mol. The summed E-state index contributed by atoms with van der Waals surface area (Å²) in [6, 6.07) is 0. The Labute approximate surface area is 431 Å². The van der Waals surface area contributed by atoms with Gasteiger partial charge in [0.05, 0.1) is 0 Å². The van der Waals surface area contributed by atoms with Gasteiger partial charge in [0, 0.05) is 19.3 Å². The molecule has 0 aromatic heterocycles. The smallest absolute Gasteiger partial charge is 0.306 e. The Bertz CT molecular complexity index is 1070. The number of carbonyl (C=O) groups excluding carboxylic acids is 3. The molecule has 0 N–H and O–H groups in total. The van der Waals surface area contributed by atoms with Crippen molar-refractivity contribution < 1.29 is 28.6 Å². The van der Waals surface area contributed by atoms with Gasteiger partial charge in [0.15, 0.2) is 6.10 Å². The molecule has 0 saturated heterocycles. The molecule has 0 heterocycles. The summed E-state index contributed by atoms with van der Waals surface area (Å²) in [5.74, 6) is -0.846. The maximum Gasteiger partial charge on any atom is 0.306 e. The van der Waals surface area contributed by atoms with Gasteiger partial charge in [-0.25, -0.2) is 0 Å². The molecule has 0 aliphatic carbocycles. The van der Waals surface area contributed by atoms with Crippen LogP contribution in [0.1, 0.15) is 355 Å². The third kappa shape index (κ3) is 56.9. The van der Waals surface area contributed by atoms with Gasteiger partial charge in [-0.3, -0.25) is 14.4 Å². The van der Waals surface area contributed by atoms with Gasteiger partial charge in [0.25, 0.3) is 0 Å². The molecule has 69 heavy (non-hydrogen) atoms. The van der Waals surface area contributed by atoms with Crippen molar-refractivity contribution in [3.63, 3.8) is 0 Å². The second-order valence-corrected chi connectivity index (χ2v) is 21.3. The Morgan fingerprint density at radius 1 is 0.275 bits per heavy atom. The highest BCUT2D eigenvalue weighted by molar-refractivity contribution is 5.71. The van der Waals surface area contributed by atoms with Crippen LogP contribution in [0, 0.1) is 0 Å². The molecule has 0 aliphatic heterocycles. The lowest BCUT2D eigenvalue weighted by molar-refractivity contribution is -0.167. The first kappa shape index (κ1) is 67.1. The Morgan fingerprint density at radius 2 is 0.478 bits per heavy atom. The lowest BCUT2D eigenvalue weighted by atomic mass is 10.0. The zero-order valence-electron chi connectivity index (χ0n) is 46.9. The predicted octanol–water partition coefficient (Wildman–Crippen LogP) is 20.9. The van der Waals surface area contributed by atoms with E-state index in [1.165, 1.54) is 250 Å². The fourth-order valence-corrected chi connectivity index (χ4v) is 9.56. The molecular formula is C63H120O6. The van der Waals surface area contributed by atoms with Crippen molar-refractivity contribution in [1.29, 1.82) is 0 Å². The van der Waals surface area contributed by atoms with E-state index in [-0.39, 0.29) is 31.1 Å². The van der Waals surface area contributed by atoms with Crippen molar-refractivity contribution in [1.82, 2.24) is 0 Å². The van der Waals surface area contributed by atoms with Crippen LogP contribution in [0.3, 0.4) is 0 Å². The van der Waals surface area contributed by atoms with Crippen molar-refractivity contribution in [2.75, 3.05) is 13.2 Å². The molecule has 0 fully saturated rings. The molecule has 0 aromatic rings. The summed E-state index contributed by atoms with van der Waals surface area (Å²) in [6.45, 7) is 6.69. The Kier molecular flexibility index (Phi) is 57.1. The van der Waals surface area contributed by atoms with Gasteiger partial charge < -0.3 is 14.2 Å². The number of ether oxygens (including phenoxy) is 3. The minimum atomic E-state index is -0.768. The zero-order chi connectivity index (χ0) is 50.0. The van der Waals surface area contributed by atoms with E-state index < -0.39 is 6.10 Å². The van der Waals surface area contributed by atoms with Crippen LogP contribution in [0.25, 0.3) is 0 Å². The number of hydrogen-bond acceptors (Lipinski definition) is 6. The van der Waals surface area contributed by atoms with Gasteiger partial charge in [-0.05, 0) is 44.9 Å². The molecule has 1 unspecified atom stereocenters. The molecule has 1 atom stereocenters. The van der Waals surface area contributed by atoms with E-state index in [4.69, 9.17) is 14.2 Å². The third-order valence-corrected chi connectivity index (χ3v) is 14.3. The molecule has 6 nitrogen and oxygen atoms in total. The summed E-state index contributed by atoms with van der Waals surface area (Å²) in [5.41, 5.74) is 0. The van der Waals surface area contributed by atoms with Crippen molar-refractivity contribution >= 4 is 17.9 Å². The van der Waals surface area contributed by atoms with E-state index in [9.17, 15) is 14.4 Å². The standard InChI is InChI=1S/C63H120O6/c1-4-7-10-13-16-19-22-25-27-29-31-33-35-38-41-44-47-50-53-56-62(65)68-59-60(58-67-61(64)55-52-49-46-43-40-37-24-21-18-15-12-9-6-3)69-63(66)57-54-51-48-45-42-39-36-34-32-30-28-26-23-20-17-14-11-8-5-2/h21,24,60H,4-20,22-23,25-59H2,1-3H3/b24-21-. The average molecular weight is 974 g/mol. The molecule has 0 saturated carbocycles. The normalized spacial score (nSPS) is 12.0. The van der Waals surface area contributed by atoms with Gasteiger partial charge in [0.2, 0.25) is 0 Å². The summed E-state index contributed by atoms with van der Waals surface area (Å²) in [7, 11) is 0. The minimum Gasteiger partial charge on any atom is -0.462 e. The van der Waals surface area contributed by atoms with Gasteiger partial charge in [-0.15, -0.1) is 0 Å². The molecule has 408 valence electrons. The first-order chi connectivity index (χ1) is 34.0. The molecule has 0 radical (unpaired) electrons. The molecular weight excluding hydrogens is 853 g/mol. The first-order valence-corrected chi connectivity index (χ1v) is 31.2. The van der Waals surface area contributed by atoms with Crippen molar-refractivity contribution in [2.24, 2.45) is 0 Å². The molecule has 6 heteroatoms. The second-order valence-electron chi connectivity index (χ2n) is 21.3. The van der Waals surface area contributed by atoms with Crippen molar-refractivity contribution in [3.8, 4) is 0 Å². The Hall–Kier alpha value is -1.85. The number of rotatable bonds is 58. The summed E-state index contributed by atoms with van der Waals surface area (Å²) in [4.78, 5) is 38.2. The number of hydrogen-bond donors (Lipinski definition) is 0. The van der Waals surface area contributed by atoms with Crippen molar-refractivity contribution in [3.05, 3.63) is 12.2 Å². The van der Waals surface area contributed by atoms with Gasteiger partial charge in [-0.2, -0.15) is 0 Å². The Balaban J connectivity index is 4.27.